The summed E-state index contributed by atoms with van der Waals surface area (Å²) in [6.45, 7) is 0.514. The fourth-order valence-corrected chi connectivity index (χ4v) is 2.64. The van der Waals surface area contributed by atoms with Gasteiger partial charge in [0.05, 0.1) is 6.21 Å². The summed E-state index contributed by atoms with van der Waals surface area (Å²) in [4.78, 5) is 5.23. The number of nitrogens with zero attached hydrogens (tertiary/aromatic N) is 3. The van der Waals surface area contributed by atoms with Crippen LogP contribution in [0, 0.1) is 5.82 Å². The van der Waals surface area contributed by atoms with Gasteiger partial charge < -0.3 is 14.0 Å². The molecule has 0 radical (unpaired) electrons. The van der Waals surface area contributed by atoms with Crippen molar-refractivity contribution in [2.75, 3.05) is 0 Å². The minimum atomic E-state index is -0.328. The van der Waals surface area contributed by atoms with Gasteiger partial charge in [0.15, 0.2) is 6.61 Å². The smallest absolute Gasteiger partial charge is 0.257 e. The average molecular weight is 403 g/mol. The molecule has 0 atom stereocenters. The molecule has 0 aliphatic heterocycles. The van der Waals surface area contributed by atoms with Gasteiger partial charge in [0, 0.05) is 5.56 Å². The summed E-state index contributed by atoms with van der Waals surface area (Å²) in [5, 5.41) is 11.8. The Balaban J connectivity index is 1.29. The van der Waals surface area contributed by atoms with E-state index in [1.807, 2.05) is 54.6 Å². The van der Waals surface area contributed by atoms with Crippen molar-refractivity contribution in [3.63, 3.8) is 0 Å². The summed E-state index contributed by atoms with van der Waals surface area (Å²) in [7, 11) is 0. The van der Waals surface area contributed by atoms with Crippen molar-refractivity contribution in [2.45, 2.75) is 13.2 Å². The predicted octanol–water partition coefficient (Wildman–Crippen LogP) is 5.01. The Morgan fingerprint density at radius 3 is 2.57 bits per heavy atom. The van der Waals surface area contributed by atoms with Gasteiger partial charge in [-0.1, -0.05) is 47.6 Å². The quantitative estimate of drug-likeness (QED) is 0.306. The van der Waals surface area contributed by atoms with E-state index in [4.69, 9.17) is 14.0 Å². The van der Waals surface area contributed by atoms with Gasteiger partial charge in [0.1, 0.15) is 18.2 Å². The monoisotopic (exact) mass is 403 g/mol. The van der Waals surface area contributed by atoms with Crippen LogP contribution in [0.4, 0.5) is 4.39 Å². The van der Waals surface area contributed by atoms with E-state index in [1.165, 1.54) is 12.1 Å². The van der Waals surface area contributed by atoms with Crippen molar-refractivity contribution in [1.82, 2.24) is 10.2 Å². The lowest BCUT2D eigenvalue weighted by Crippen LogP contribution is -1.95. The molecule has 0 fully saturated rings. The molecule has 0 bridgehead atoms. The van der Waals surface area contributed by atoms with E-state index in [-0.39, 0.29) is 18.3 Å². The Bertz CT molecular complexity index is 1110. The van der Waals surface area contributed by atoms with Crippen molar-refractivity contribution in [1.29, 1.82) is 0 Å². The molecule has 6 nitrogen and oxygen atoms in total. The SMILES string of the molecule is Fc1ccc(-c2nnc(CON=Cc3cccc(OCc4ccccc4)c3)o2)cc1. The van der Waals surface area contributed by atoms with Gasteiger partial charge in [-0.05, 0) is 47.5 Å². The molecule has 30 heavy (non-hydrogen) atoms. The molecule has 0 saturated carbocycles. The highest BCUT2D eigenvalue weighted by molar-refractivity contribution is 5.79. The van der Waals surface area contributed by atoms with E-state index in [0.717, 1.165) is 16.9 Å². The first-order chi connectivity index (χ1) is 14.8. The average Bonchev–Trinajstić information content (AvgIpc) is 3.26. The normalized spacial score (nSPS) is 11.0. The number of hydrogen-bond donors (Lipinski definition) is 0. The lowest BCUT2D eigenvalue weighted by atomic mass is 10.2. The lowest BCUT2D eigenvalue weighted by Gasteiger charge is -2.06. The maximum Gasteiger partial charge on any atom is 0.257 e. The maximum atomic E-state index is 13.0. The molecular weight excluding hydrogens is 385 g/mol. The fraction of sp³-hybridized carbons (Fsp3) is 0.0870. The first-order valence-electron chi connectivity index (χ1n) is 9.27. The van der Waals surface area contributed by atoms with Gasteiger partial charge >= 0.3 is 0 Å². The standard InChI is InChI=1S/C23H18FN3O3/c24-20-11-9-19(10-12-20)23-27-26-22(30-23)16-29-25-14-18-7-4-8-21(13-18)28-15-17-5-2-1-3-6-17/h1-14H,15-16H2. The minimum absolute atomic E-state index is 0.0227. The number of rotatable bonds is 8. The number of benzene rings is 3. The van der Waals surface area contributed by atoms with Gasteiger partial charge in [-0.2, -0.15) is 0 Å². The van der Waals surface area contributed by atoms with Gasteiger partial charge in [-0.15, -0.1) is 10.2 Å². The highest BCUT2D eigenvalue weighted by atomic mass is 19.1. The molecule has 0 aliphatic rings. The molecule has 0 N–H and O–H groups in total. The van der Waals surface area contributed by atoms with Crippen molar-refractivity contribution in [3.8, 4) is 17.2 Å². The van der Waals surface area contributed by atoms with Crippen LogP contribution in [0.3, 0.4) is 0 Å². The van der Waals surface area contributed by atoms with E-state index >= 15 is 0 Å². The van der Waals surface area contributed by atoms with E-state index < -0.39 is 0 Å². The summed E-state index contributed by atoms with van der Waals surface area (Å²) in [6.07, 6.45) is 1.58. The topological polar surface area (TPSA) is 69.7 Å². The van der Waals surface area contributed by atoms with Crippen LogP contribution in [-0.4, -0.2) is 16.4 Å². The predicted molar refractivity (Wildman–Crippen MR) is 109 cm³/mol. The Kier molecular flexibility index (Phi) is 6.10. The third kappa shape index (κ3) is 5.29. The second-order valence-corrected chi connectivity index (χ2v) is 6.36. The van der Waals surface area contributed by atoms with E-state index in [2.05, 4.69) is 15.4 Å². The highest BCUT2D eigenvalue weighted by Gasteiger charge is 2.08. The Hall–Kier alpha value is -4.00. The van der Waals surface area contributed by atoms with Crippen molar-refractivity contribution >= 4 is 6.21 Å². The molecule has 150 valence electrons. The fourth-order valence-electron chi connectivity index (χ4n) is 2.64. The van der Waals surface area contributed by atoms with Crippen molar-refractivity contribution < 1.29 is 18.4 Å². The zero-order valence-corrected chi connectivity index (χ0v) is 15.9. The number of hydrogen-bond acceptors (Lipinski definition) is 6. The molecule has 0 amide bonds. The Morgan fingerprint density at radius 1 is 0.900 bits per heavy atom. The van der Waals surface area contributed by atoms with Gasteiger partial charge in [-0.25, -0.2) is 4.39 Å². The Morgan fingerprint density at radius 2 is 1.73 bits per heavy atom. The van der Waals surface area contributed by atoms with Gasteiger partial charge in [0.25, 0.3) is 5.89 Å². The Labute approximate surface area is 172 Å². The van der Waals surface area contributed by atoms with E-state index in [9.17, 15) is 4.39 Å². The molecule has 7 heteroatoms. The summed E-state index contributed by atoms with van der Waals surface area (Å²) >= 11 is 0. The molecule has 4 aromatic rings. The zero-order chi connectivity index (χ0) is 20.6. The van der Waals surface area contributed by atoms with E-state index in [1.54, 1.807) is 18.3 Å². The van der Waals surface area contributed by atoms with E-state index in [0.29, 0.717) is 18.1 Å². The molecular formula is C23H18FN3O3. The van der Waals surface area contributed by atoms with Crippen LogP contribution in [-0.2, 0) is 18.1 Å². The number of oxime groups is 1. The van der Waals surface area contributed by atoms with Crippen molar-refractivity contribution in [2.24, 2.45) is 5.16 Å². The highest BCUT2D eigenvalue weighted by Crippen LogP contribution is 2.18. The number of halogens is 1. The molecule has 0 unspecified atom stereocenters. The van der Waals surface area contributed by atoms with Crippen LogP contribution in [0.5, 0.6) is 5.75 Å². The van der Waals surface area contributed by atoms with Crippen LogP contribution in [0.1, 0.15) is 17.0 Å². The van der Waals surface area contributed by atoms with Crippen molar-refractivity contribution in [3.05, 3.63) is 102 Å². The molecule has 3 aromatic carbocycles. The zero-order valence-electron chi connectivity index (χ0n) is 15.9. The molecule has 0 saturated heterocycles. The van der Waals surface area contributed by atoms with Gasteiger partial charge in [-0.3, -0.25) is 0 Å². The molecule has 1 heterocycles. The summed E-state index contributed by atoms with van der Waals surface area (Å²) < 4.78 is 24.3. The van der Waals surface area contributed by atoms with Crippen LogP contribution in [0.25, 0.3) is 11.5 Å². The second-order valence-electron chi connectivity index (χ2n) is 6.36. The number of ether oxygens (including phenoxy) is 1. The summed E-state index contributed by atoms with van der Waals surface area (Å²) in [5.74, 6) is 0.974. The lowest BCUT2D eigenvalue weighted by molar-refractivity contribution is 0.112. The number of aromatic nitrogens is 2. The first kappa shape index (κ1) is 19.3. The largest absolute Gasteiger partial charge is 0.489 e. The second kappa shape index (κ2) is 9.47. The summed E-state index contributed by atoms with van der Waals surface area (Å²) in [5.41, 5.74) is 2.56. The summed E-state index contributed by atoms with van der Waals surface area (Å²) in [6, 6.07) is 23.3. The maximum absolute atomic E-state index is 13.0. The third-order valence-corrected chi connectivity index (χ3v) is 4.13. The molecule has 0 spiro atoms. The molecule has 4 rings (SSSR count). The van der Waals surface area contributed by atoms with Gasteiger partial charge in [0.2, 0.25) is 5.89 Å². The van der Waals surface area contributed by atoms with Crippen LogP contribution in [0.2, 0.25) is 0 Å². The van der Waals surface area contributed by atoms with Crippen LogP contribution >= 0.6 is 0 Å². The first-order valence-corrected chi connectivity index (χ1v) is 9.27. The minimum Gasteiger partial charge on any atom is -0.489 e. The molecule has 1 aromatic heterocycles. The molecule has 0 aliphatic carbocycles. The van der Waals surface area contributed by atoms with Crippen LogP contribution < -0.4 is 4.74 Å². The third-order valence-electron chi connectivity index (χ3n) is 4.13. The van der Waals surface area contributed by atoms with Crippen LogP contribution in [0.15, 0.2) is 88.4 Å².